The predicted molar refractivity (Wildman–Crippen MR) is 94.6 cm³/mol. The van der Waals surface area contributed by atoms with E-state index in [4.69, 9.17) is 0 Å². The van der Waals surface area contributed by atoms with E-state index in [2.05, 4.69) is 20.0 Å². The van der Waals surface area contributed by atoms with Crippen LogP contribution in [0.3, 0.4) is 0 Å². The molecule has 0 saturated heterocycles. The molecule has 1 amide bonds. The Balaban J connectivity index is 1.69. The number of rotatable bonds is 5. The van der Waals surface area contributed by atoms with Gasteiger partial charge in [0.05, 0.1) is 4.90 Å². The summed E-state index contributed by atoms with van der Waals surface area (Å²) in [5, 5.41) is 2.84. The van der Waals surface area contributed by atoms with Gasteiger partial charge in [0.1, 0.15) is 0 Å². The molecule has 1 heterocycles. The number of aromatic nitrogens is 2. The smallest absolute Gasteiger partial charge is 0.264 e. The molecule has 25 heavy (non-hydrogen) atoms. The molecule has 8 heteroatoms. The van der Waals surface area contributed by atoms with Crippen LogP contribution in [0, 0.1) is 12.8 Å². The predicted octanol–water partition coefficient (Wildman–Crippen LogP) is 2.71. The fraction of sp³-hybridized carbons (Fsp3) is 0.353. The zero-order chi connectivity index (χ0) is 17.9. The Morgan fingerprint density at radius 1 is 1.12 bits per heavy atom. The molecular weight excluding hydrogens is 340 g/mol. The first-order chi connectivity index (χ1) is 11.9. The van der Waals surface area contributed by atoms with Crippen LogP contribution in [0.2, 0.25) is 0 Å². The summed E-state index contributed by atoms with van der Waals surface area (Å²) in [6.07, 6.45) is 5.49. The van der Waals surface area contributed by atoms with Crippen molar-refractivity contribution in [2.75, 3.05) is 10.0 Å². The first-order valence-corrected chi connectivity index (χ1v) is 9.66. The second-order valence-electron chi connectivity index (χ2n) is 6.12. The van der Waals surface area contributed by atoms with Crippen molar-refractivity contribution < 1.29 is 13.2 Å². The van der Waals surface area contributed by atoms with Crippen molar-refractivity contribution in [1.29, 1.82) is 0 Å². The summed E-state index contributed by atoms with van der Waals surface area (Å²) < 4.78 is 27.1. The van der Waals surface area contributed by atoms with E-state index in [-0.39, 0.29) is 22.7 Å². The van der Waals surface area contributed by atoms with Crippen molar-refractivity contribution in [1.82, 2.24) is 9.97 Å². The zero-order valence-corrected chi connectivity index (χ0v) is 14.7. The van der Waals surface area contributed by atoms with Crippen LogP contribution >= 0.6 is 0 Å². The number of hydrogen-bond acceptors (Lipinski definition) is 5. The minimum Gasteiger partial charge on any atom is -0.326 e. The van der Waals surface area contributed by atoms with Crippen molar-refractivity contribution in [3.63, 3.8) is 0 Å². The van der Waals surface area contributed by atoms with E-state index >= 15 is 0 Å². The Morgan fingerprint density at radius 2 is 1.80 bits per heavy atom. The number of benzene rings is 1. The van der Waals surface area contributed by atoms with Gasteiger partial charge in [-0.1, -0.05) is 12.8 Å². The lowest BCUT2D eigenvalue weighted by Crippen LogP contribution is -2.20. The third-order valence-corrected chi connectivity index (χ3v) is 5.52. The summed E-state index contributed by atoms with van der Waals surface area (Å²) in [6, 6.07) is 7.74. The molecule has 1 aromatic carbocycles. The summed E-state index contributed by atoms with van der Waals surface area (Å²) in [5.41, 5.74) is 1.25. The maximum atomic E-state index is 12.4. The van der Waals surface area contributed by atoms with Crippen LogP contribution in [0.25, 0.3) is 0 Å². The number of sulfonamides is 1. The van der Waals surface area contributed by atoms with Crippen LogP contribution < -0.4 is 10.0 Å². The number of aryl methyl sites for hydroxylation is 1. The monoisotopic (exact) mass is 360 g/mol. The fourth-order valence-corrected chi connectivity index (χ4v) is 3.78. The summed E-state index contributed by atoms with van der Waals surface area (Å²) >= 11 is 0. The molecule has 1 saturated carbocycles. The molecule has 2 aromatic rings. The zero-order valence-electron chi connectivity index (χ0n) is 13.9. The van der Waals surface area contributed by atoms with Crippen LogP contribution in [0.4, 0.5) is 11.6 Å². The number of carbonyl (C=O) groups is 1. The number of nitrogens with zero attached hydrogens (tertiary/aromatic N) is 2. The summed E-state index contributed by atoms with van der Waals surface area (Å²) in [7, 11) is -3.78. The van der Waals surface area contributed by atoms with Crippen LogP contribution in [0.5, 0.6) is 0 Å². The van der Waals surface area contributed by atoms with Gasteiger partial charge >= 0.3 is 0 Å². The highest BCUT2D eigenvalue weighted by Crippen LogP contribution is 2.26. The lowest BCUT2D eigenvalue weighted by molar-refractivity contribution is -0.119. The summed E-state index contributed by atoms with van der Waals surface area (Å²) in [5.74, 6) is 0.0848. The minimum absolute atomic E-state index is 0.000562. The molecule has 1 aliphatic rings. The number of nitrogens with one attached hydrogen (secondary N) is 2. The van der Waals surface area contributed by atoms with Crippen molar-refractivity contribution in [2.45, 2.75) is 37.5 Å². The minimum atomic E-state index is -3.78. The molecule has 7 nitrogen and oxygen atoms in total. The average Bonchev–Trinajstić information content (AvgIpc) is 3.09. The van der Waals surface area contributed by atoms with Gasteiger partial charge in [0.15, 0.2) is 0 Å². The summed E-state index contributed by atoms with van der Waals surface area (Å²) in [6.45, 7) is 1.75. The standard InChI is InChI=1S/C17H20N4O3S/c1-12-10-11-18-17(19-12)21-25(23,24)15-8-6-14(7-9-15)20-16(22)13-4-2-3-5-13/h6-11,13H,2-5H2,1H3,(H,20,22)(H,18,19,21). The van der Waals surface area contributed by atoms with Crippen molar-refractivity contribution in [3.05, 3.63) is 42.2 Å². The van der Waals surface area contributed by atoms with E-state index < -0.39 is 10.0 Å². The number of amides is 1. The summed E-state index contributed by atoms with van der Waals surface area (Å²) in [4.78, 5) is 20.1. The first kappa shape index (κ1) is 17.3. The molecule has 132 valence electrons. The molecule has 0 aliphatic heterocycles. The lowest BCUT2D eigenvalue weighted by Gasteiger charge is -2.11. The van der Waals surface area contributed by atoms with E-state index in [1.54, 1.807) is 25.1 Å². The Bertz CT molecular complexity index is 860. The molecule has 0 bridgehead atoms. The van der Waals surface area contributed by atoms with E-state index in [0.29, 0.717) is 11.4 Å². The molecule has 0 unspecified atom stereocenters. The normalized spacial score (nSPS) is 15.1. The Kier molecular flexibility index (Phi) is 4.98. The van der Waals surface area contributed by atoms with Gasteiger partial charge in [-0.3, -0.25) is 4.79 Å². The van der Waals surface area contributed by atoms with Gasteiger partial charge < -0.3 is 5.32 Å². The highest BCUT2D eigenvalue weighted by molar-refractivity contribution is 7.92. The third-order valence-electron chi connectivity index (χ3n) is 4.18. The molecule has 0 atom stereocenters. The molecule has 3 rings (SSSR count). The van der Waals surface area contributed by atoms with Crippen molar-refractivity contribution >= 4 is 27.6 Å². The largest absolute Gasteiger partial charge is 0.326 e. The van der Waals surface area contributed by atoms with E-state index in [9.17, 15) is 13.2 Å². The number of hydrogen-bond donors (Lipinski definition) is 2. The van der Waals surface area contributed by atoms with Gasteiger partial charge in [-0.15, -0.1) is 0 Å². The van der Waals surface area contributed by atoms with Crippen LogP contribution in [0.1, 0.15) is 31.4 Å². The SMILES string of the molecule is Cc1ccnc(NS(=O)(=O)c2ccc(NC(=O)C3CCCC3)cc2)n1. The molecule has 1 aliphatic carbocycles. The number of anilines is 2. The Morgan fingerprint density at radius 3 is 2.44 bits per heavy atom. The topological polar surface area (TPSA) is 101 Å². The first-order valence-electron chi connectivity index (χ1n) is 8.17. The van der Waals surface area contributed by atoms with Crippen molar-refractivity contribution in [2.24, 2.45) is 5.92 Å². The lowest BCUT2D eigenvalue weighted by atomic mass is 10.1. The van der Waals surface area contributed by atoms with E-state index in [1.807, 2.05) is 0 Å². The quantitative estimate of drug-likeness (QED) is 0.854. The molecule has 0 radical (unpaired) electrons. The molecular formula is C17H20N4O3S. The highest BCUT2D eigenvalue weighted by Gasteiger charge is 2.23. The second kappa shape index (κ2) is 7.18. The van der Waals surface area contributed by atoms with Gasteiger partial charge in [0, 0.05) is 23.5 Å². The molecule has 2 N–H and O–H groups in total. The Labute approximate surface area is 146 Å². The second-order valence-corrected chi connectivity index (χ2v) is 7.80. The van der Waals surface area contributed by atoms with Gasteiger partial charge in [-0.2, -0.15) is 0 Å². The van der Waals surface area contributed by atoms with Crippen LogP contribution in [-0.2, 0) is 14.8 Å². The van der Waals surface area contributed by atoms with Gasteiger partial charge in [0.2, 0.25) is 11.9 Å². The maximum absolute atomic E-state index is 12.4. The average molecular weight is 360 g/mol. The fourth-order valence-electron chi connectivity index (χ4n) is 2.83. The van der Waals surface area contributed by atoms with Gasteiger partial charge in [-0.05, 0) is 50.1 Å². The molecule has 1 fully saturated rings. The van der Waals surface area contributed by atoms with Crippen LogP contribution in [-0.4, -0.2) is 24.3 Å². The third kappa shape index (κ3) is 4.33. The Hall–Kier alpha value is -2.48. The van der Waals surface area contributed by atoms with E-state index in [0.717, 1.165) is 25.7 Å². The molecule has 0 spiro atoms. The number of carbonyl (C=O) groups excluding carboxylic acids is 1. The van der Waals surface area contributed by atoms with Crippen LogP contribution in [0.15, 0.2) is 41.4 Å². The maximum Gasteiger partial charge on any atom is 0.264 e. The van der Waals surface area contributed by atoms with Gasteiger partial charge in [-0.25, -0.2) is 23.1 Å². The molecule has 1 aromatic heterocycles. The highest BCUT2D eigenvalue weighted by atomic mass is 32.2. The van der Waals surface area contributed by atoms with Gasteiger partial charge in [0.25, 0.3) is 10.0 Å². The van der Waals surface area contributed by atoms with Crippen molar-refractivity contribution in [3.8, 4) is 0 Å². The van der Waals surface area contributed by atoms with E-state index in [1.165, 1.54) is 18.3 Å².